The number of hydrogen-bond donors (Lipinski definition) is 1. The summed E-state index contributed by atoms with van der Waals surface area (Å²) in [6.45, 7) is 7.75. The number of fused-ring (bicyclic) bond motifs is 1. The predicted octanol–water partition coefficient (Wildman–Crippen LogP) is 4.34. The number of aryl methyl sites for hydroxylation is 1. The van der Waals surface area contributed by atoms with E-state index in [-0.39, 0.29) is 11.9 Å². The van der Waals surface area contributed by atoms with Crippen LogP contribution in [0.2, 0.25) is 0 Å². The highest BCUT2D eigenvalue weighted by Crippen LogP contribution is 2.31. The molecule has 1 aliphatic heterocycles. The molecule has 1 aliphatic rings. The first-order valence-electron chi connectivity index (χ1n) is 9.48. The molecule has 4 rings (SSSR count). The highest BCUT2D eigenvalue weighted by Gasteiger charge is 2.31. The van der Waals surface area contributed by atoms with Crippen LogP contribution in [0.15, 0.2) is 42.7 Å². The second kappa shape index (κ2) is 7.02. The Labute approximate surface area is 159 Å². The number of rotatable bonds is 3. The molecule has 0 saturated carbocycles. The molecule has 2 aromatic heterocycles. The summed E-state index contributed by atoms with van der Waals surface area (Å²) in [7, 11) is 0. The Kier molecular flexibility index (Phi) is 4.56. The van der Waals surface area contributed by atoms with Crippen LogP contribution in [-0.2, 0) is 0 Å². The maximum atomic E-state index is 12.7. The number of hydrogen-bond acceptors (Lipinski definition) is 3. The number of pyridine rings is 1. The van der Waals surface area contributed by atoms with Crippen molar-refractivity contribution in [1.82, 2.24) is 19.4 Å². The van der Waals surface area contributed by atoms with E-state index < -0.39 is 0 Å². The van der Waals surface area contributed by atoms with Crippen LogP contribution < -0.4 is 5.32 Å². The van der Waals surface area contributed by atoms with Gasteiger partial charge in [0.25, 0.3) is 0 Å². The van der Waals surface area contributed by atoms with E-state index in [2.05, 4.69) is 28.7 Å². The molecule has 1 N–H and O–H groups in total. The Hall–Kier alpha value is -2.89. The normalized spacial score (nSPS) is 17.0. The lowest BCUT2D eigenvalue weighted by atomic mass is 10.1. The molecule has 27 heavy (non-hydrogen) atoms. The SMILES string of the molecule is Cc1ccccc1NC(=O)N1CC[C@@H](c2nc3ccncc3n2C(C)C)C1. The van der Waals surface area contributed by atoms with Crippen molar-refractivity contribution in [2.45, 2.75) is 39.2 Å². The molecule has 1 atom stereocenters. The quantitative estimate of drug-likeness (QED) is 0.753. The molecule has 6 heteroatoms. The average molecular weight is 363 g/mol. The third kappa shape index (κ3) is 3.27. The van der Waals surface area contributed by atoms with Gasteiger partial charge in [0.15, 0.2) is 0 Å². The van der Waals surface area contributed by atoms with Crippen molar-refractivity contribution in [3.05, 3.63) is 54.1 Å². The largest absolute Gasteiger partial charge is 0.324 e. The topological polar surface area (TPSA) is 63.1 Å². The third-order valence-electron chi connectivity index (χ3n) is 5.26. The fraction of sp³-hybridized carbons (Fsp3) is 0.381. The van der Waals surface area contributed by atoms with Crippen molar-refractivity contribution in [2.75, 3.05) is 18.4 Å². The van der Waals surface area contributed by atoms with Crippen molar-refractivity contribution >= 4 is 22.8 Å². The van der Waals surface area contributed by atoms with Crippen LogP contribution in [0.1, 0.15) is 43.6 Å². The zero-order valence-electron chi connectivity index (χ0n) is 16.0. The minimum absolute atomic E-state index is 0.0410. The monoisotopic (exact) mass is 363 g/mol. The van der Waals surface area contributed by atoms with E-state index in [4.69, 9.17) is 4.98 Å². The van der Waals surface area contributed by atoms with Gasteiger partial charge in [0.2, 0.25) is 0 Å². The van der Waals surface area contributed by atoms with Crippen molar-refractivity contribution in [1.29, 1.82) is 0 Å². The summed E-state index contributed by atoms with van der Waals surface area (Å²) < 4.78 is 2.26. The summed E-state index contributed by atoms with van der Waals surface area (Å²) in [5.74, 6) is 1.29. The number of likely N-dealkylation sites (tertiary alicyclic amines) is 1. The third-order valence-corrected chi connectivity index (χ3v) is 5.26. The molecule has 1 aromatic carbocycles. The number of nitrogens with zero attached hydrogens (tertiary/aromatic N) is 4. The fourth-order valence-electron chi connectivity index (χ4n) is 3.85. The van der Waals surface area contributed by atoms with Gasteiger partial charge in [0, 0.05) is 36.9 Å². The zero-order chi connectivity index (χ0) is 19.0. The van der Waals surface area contributed by atoms with Gasteiger partial charge < -0.3 is 14.8 Å². The van der Waals surface area contributed by atoms with Gasteiger partial charge in [-0.3, -0.25) is 4.98 Å². The minimum atomic E-state index is -0.0410. The first kappa shape index (κ1) is 17.5. The van der Waals surface area contributed by atoms with Gasteiger partial charge in [-0.1, -0.05) is 18.2 Å². The van der Waals surface area contributed by atoms with E-state index in [0.717, 1.165) is 41.1 Å². The lowest BCUT2D eigenvalue weighted by Gasteiger charge is -2.19. The number of benzene rings is 1. The highest BCUT2D eigenvalue weighted by molar-refractivity contribution is 5.90. The van der Waals surface area contributed by atoms with E-state index in [1.807, 2.05) is 48.4 Å². The molecule has 6 nitrogen and oxygen atoms in total. The summed E-state index contributed by atoms with van der Waals surface area (Å²) in [5.41, 5.74) is 3.96. The number of carbonyl (C=O) groups excluding carboxylic acids is 1. The Morgan fingerprint density at radius 3 is 2.85 bits per heavy atom. The van der Waals surface area contributed by atoms with Crippen molar-refractivity contribution in [3.8, 4) is 0 Å². The van der Waals surface area contributed by atoms with Crippen molar-refractivity contribution < 1.29 is 4.79 Å². The molecular weight excluding hydrogens is 338 g/mol. The maximum absolute atomic E-state index is 12.7. The van der Waals surface area contributed by atoms with Crippen LogP contribution in [0.4, 0.5) is 10.5 Å². The Bertz CT molecular complexity index is 978. The van der Waals surface area contributed by atoms with Crippen LogP contribution in [0.5, 0.6) is 0 Å². The number of aromatic nitrogens is 3. The minimum Gasteiger partial charge on any atom is -0.324 e. The Morgan fingerprint density at radius 2 is 2.07 bits per heavy atom. The molecule has 0 aliphatic carbocycles. The maximum Gasteiger partial charge on any atom is 0.321 e. The molecule has 3 aromatic rings. The summed E-state index contributed by atoms with van der Waals surface area (Å²) >= 11 is 0. The molecule has 0 radical (unpaired) electrons. The predicted molar refractivity (Wildman–Crippen MR) is 107 cm³/mol. The van der Waals surface area contributed by atoms with Gasteiger partial charge in [-0.2, -0.15) is 0 Å². The van der Waals surface area contributed by atoms with Gasteiger partial charge in [-0.25, -0.2) is 9.78 Å². The van der Waals surface area contributed by atoms with Gasteiger partial charge in [0.05, 0.1) is 17.2 Å². The van der Waals surface area contributed by atoms with Gasteiger partial charge in [0.1, 0.15) is 5.82 Å². The lowest BCUT2D eigenvalue weighted by molar-refractivity contribution is 0.222. The average Bonchev–Trinajstić information content (AvgIpc) is 3.28. The highest BCUT2D eigenvalue weighted by atomic mass is 16.2. The first-order chi connectivity index (χ1) is 13.0. The van der Waals surface area contributed by atoms with Gasteiger partial charge in [-0.05, 0) is 44.9 Å². The van der Waals surface area contributed by atoms with Crippen LogP contribution in [0.25, 0.3) is 11.0 Å². The van der Waals surface area contributed by atoms with E-state index in [0.29, 0.717) is 12.6 Å². The van der Waals surface area contributed by atoms with Crippen molar-refractivity contribution in [3.63, 3.8) is 0 Å². The number of anilines is 1. The van der Waals surface area contributed by atoms with Gasteiger partial charge >= 0.3 is 6.03 Å². The van der Waals surface area contributed by atoms with Crippen molar-refractivity contribution in [2.24, 2.45) is 0 Å². The summed E-state index contributed by atoms with van der Waals surface area (Å²) in [6, 6.07) is 10.1. The summed E-state index contributed by atoms with van der Waals surface area (Å²) in [5, 5.41) is 3.04. The van der Waals surface area contributed by atoms with Crippen LogP contribution in [0.3, 0.4) is 0 Å². The molecule has 0 unspecified atom stereocenters. The number of imidazole rings is 1. The smallest absolute Gasteiger partial charge is 0.321 e. The Balaban J connectivity index is 1.55. The lowest BCUT2D eigenvalue weighted by Crippen LogP contribution is -2.33. The van der Waals surface area contributed by atoms with Crippen LogP contribution in [0, 0.1) is 6.92 Å². The van der Waals surface area contributed by atoms with Crippen LogP contribution >= 0.6 is 0 Å². The molecule has 140 valence electrons. The number of carbonyl (C=O) groups is 1. The first-order valence-corrected chi connectivity index (χ1v) is 9.48. The number of urea groups is 1. The zero-order valence-corrected chi connectivity index (χ0v) is 16.0. The van der Waals surface area contributed by atoms with E-state index >= 15 is 0 Å². The molecule has 1 fully saturated rings. The summed E-state index contributed by atoms with van der Waals surface area (Å²) in [6.07, 6.45) is 4.58. The molecule has 0 spiro atoms. The number of para-hydroxylation sites is 1. The second-order valence-corrected chi connectivity index (χ2v) is 7.47. The van der Waals surface area contributed by atoms with Gasteiger partial charge in [-0.15, -0.1) is 0 Å². The molecule has 3 heterocycles. The fourth-order valence-corrected chi connectivity index (χ4v) is 3.85. The number of amides is 2. The van der Waals surface area contributed by atoms with E-state index in [1.165, 1.54) is 0 Å². The van der Waals surface area contributed by atoms with E-state index in [1.54, 1.807) is 6.20 Å². The summed E-state index contributed by atoms with van der Waals surface area (Å²) in [4.78, 5) is 23.7. The number of nitrogens with one attached hydrogen (secondary N) is 1. The Morgan fingerprint density at radius 1 is 1.26 bits per heavy atom. The standard InChI is InChI=1S/C21H25N5O/c1-14(2)26-19-12-22-10-8-18(19)23-20(26)16-9-11-25(13-16)21(27)24-17-7-5-4-6-15(17)3/h4-8,10,12,14,16H,9,11,13H2,1-3H3,(H,24,27)/t16-/m1/s1. The molecule has 1 saturated heterocycles. The second-order valence-electron chi connectivity index (χ2n) is 7.47. The van der Waals surface area contributed by atoms with E-state index in [9.17, 15) is 4.79 Å². The molecule has 0 bridgehead atoms. The molecule has 2 amide bonds. The van der Waals surface area contributed by atoms with Crippen LogP contribution in [-0.4, -0.2) is 38.6 Å². The molecular formula is C21H25N5O.